The van der Waals surface area contributed by atoms with Gasteiger partial charge in [0.2, 0.25) is 0 Å². The zero-order valence-electron chi connectivity index (χ0n) is 12.6. The van der Waals surface area contributed by atoms with Gasteiger partial charge in [-0.15, -0.1) is 46.7 Å². The average molecular weight is 435 g/mol. The summed E-state index contributed by atoms with van der Waals surface area (Å²) in [5.74, 6) is 0.882. The van der Waals surface area contributed by atoms with Crippen molar-refractivity contribution in [3.63, 3.8) is 0 Å². The van der Waals surface area contributed by atoms with E-state index in [2.05, 4.69) is 59.3 Å². The molecule has 0 aromatic carbocycles. The summed E-state index contributed by atoms with van der Waals surface area (Å²) in [6, 6.07) is 4.30. The first-order valence-corrected chi connectivity index (χ1v) is 8.54. The fraction of sp³-hybridized carbons (Fsp3) is 0.400. The van der Waals surface area contributed by atoms with Crippen molar-refractivity contribution < 1.29 is 0 Å². The molecular formula is C15H22IN3S2. The predicted octanol–water partition coefficient (Wildman–Crippen LogP) is 4.30. The first-order valence-electron chi connectivity index (χ1n) is 6.78. The molecule has 21 heavy (non-hydrogen) atoms. The van der Waals surface area contributed by atoms with E-state index >= 15 is 0 Å². The summed E-state index contributed by atoms with van der Waals surface area (Å²) in [5, 5.41) is 10.9. The van der Waals surface area contributed by atoms with Crippen LogP contribution in [-0.2, 0) is 13.1 Å². The van der Waals surface area contributed by atoms with E-state index in [9.17, 15) is 0 Å². The molecule has 0 bridgehead atoms. The molecule has 0 aliphatic carbocycles. The SMILES string of the molecule is CCNC(=NCc1sccc1C)NCc1sccc1C.I. The maximum absolute atomic E-state index is 4.66. The topological polar surface area (TPSA) is 36.4 Å². The molecule has 0 saturated heterocycles. The molecule has 0 aliphatic heterocycles. The molecule has 0 radical (unpaired) electrons. The minimum atomic E-state index is 0. The van der Waals surface area contributed by atoms with E-state index in [0.29, 0.717) is 0 Å². The van der Waals surface area contributed by atoms with Gasteiger partial charge in [-0.2, -0.15) is 0 Å². The van der Waals surface area contributed by atoms with Crippen LogP contribution in [0.1, 0.15) is 27.8 Å². The Labute approximate surface area is 151 Å². The third-order valence-corrected chi connectivity index (χ3v) is 5.11. The first kappa shape index (κ1) is 18.4. The fourth-order valence-electron chi connectivity index (χ4n) is 1.81. The Kier molecular flexibility index (Phi) is 8.28. The number of hydrogen-bond acceptors (Lipinski definition) is 3. The molecule has 2 heterocycles. The molecule has 116 valence electrons. The van der Waals surface area contributed by atoms with Crippen molar-refractivity contribution in [2.24, 2.45) is 4.99 Å². The van der Waals surface area contributed by atoms with Crippen LogP contribution in [0.15, 0.2) is 27.9 Å². The minimum absolute atomic E-state index is 0. The van der Waals surface area contributed by atoms with Crippen molar-refractivity contribution in [3.8, 4) is 0 Å². The maximum Gasteiger partial charge on any atom is 0.191 e. The van der Waals surface area contributed by atoms with Crippen LogP contribution < -0.4 is 10.6 Å². The van der Waals surface area contributed by atoms with Crippen LogP contribution in [0.5, 0.6) is 0 Å². The highest BCUT2D eigenvalue weighted by Gasteiger charge is 2.03. The first-order chi connectivity index (χ1) is 9.70. The number of aliphatic imine (C=N–C) groups is 1. The van der Waals surface area contributed by atoms with Crippen LogP contribution >= 0.6 is 46.7 Å². The second-order valence-corrected chi connectivity index (χ2v) is 6.60. The van der Waals surface area contributed by atoms with Gasteiger partial charge in [0.05, 0.1) is 13.1 Å². The molecule has 0 amide bonds. The van der Waals surface area contributed by atoms with Gasteiger partial charge in [0, 0.05) is 16.3 Å². The van der Waals surface area contributed by atoms with E-state index in [0.717, 1.165) is 25.6 Å². The minimum Gasteiger partial charge on any atom is -0.357 e. The molecule has 0 aliphatic rings. The van der Waals surface area contributed by atoms with Gasteiger partial charge in [-0.1, -0.05) is 0 Å². The third kappa shape index (κ3) is 5.60. The zero-order valence-corrected chi connectivity index (χ0v) is 16.6. The van der Waals surface area contributed by atoms with Crippen LogP contribution in [0.2, 0.25) is 0 Å². The summed E-state index contributed by atoms with van der Waals surface area (Å²) >= 11 is 3.55. The molecule has 6 heteroatoms. The lowest BCUT2D eigenvalue weighted by Crippen LogP contribution is -2.36. The number of nitrogens with zero attached hydrogens (tertiary/aromatic N) is 1. The second-order valence-electron chi connectivity index (χ2n) is 4.60. The highest BCUT2D eigenvalue weighted by atomic mass is 127. The van der Waals surface area contributed by atoms with Crippen molar-refractivity contribution in [2.45, 2.75) is 33.9 Å². The molecular weight excluding hydrogens is 413 g/mol. The van der Waals surface area contributed by atoms with Crippen molar-refractivity contribution in [1.82, 2.24) is 10.6 Å². The standard InChI is InChI=1S/C15H21N3S2.HI/c1-4-16-15(17-9-13-11(2)5-7-19-13)18-10-14-12(3)6-8-20-14;/h5-8H,4,9-10H2,1-3H3,(H2,16,17,18);1H. The highest BCUT2D eigenvalue weighted by Crippen LogP contribution is 2.17. The molecule has 2 rings (SSSR count). The number of aryl methyl sites for hydroxylation is 2. The summed E-state index contributed by atoms with van der Waals surface area (Å²) in [4.78, 5) is 7.35. The second kappa shape index (κ2) is 9.42. The lowest BCUT2D eigenvalue weighted by atomic mass is 10.3. The number of hydrogen-bond donors (Lipinski definition) is 2. The molecule has 0 spiro atoms. The molecule has 0 fully saturated rings. The fourth-order valence-corrected chi connectivity index (χ4v) is 3.48. The number of guanidine groups is 1. The van der Waals surface area contributed by atoms with Gasteiger partial charge in [-0.05, 0) is 54.8 Å². The van der Waals surface area contributed by atoms with Gasteiger partial charge in [0.15, 0.2) is 5.96 Å². The van der Waals surface area contributed by atoms with Crippen molar-refractivity contribution >= 4 is 52.6 Å². The van der Waals surface area contributed by atoms with Crippen LogP contribution in [0.25, 0.3) is 0 Å². The number of nitrogens with one attached hydrogen (secondary N) is 2. The predicted molar refractivity (Wildman–Crippen MR) is 105 cm³/mol. The van der Waals surface area contributed by atoms with Gasteiger partial charge in [-0.25, -0.2) is 4.99 Å². The quantitative estimate of drug-likeness (QED) is 0.418. The van der Waals surface area contributed by atoms with E-state index < -0.39 is 0 Å². The Morgan fingerprint density at radius 1 is 1.05 bits per heavy atom. The summed E-state index contributed by atoms with van der Waals surface area (Å²) < 4.78 is 0. The van der Waals surface area contributed by atoms with Gasteiger partial charge < -0.3 is 10.6 Å². The van der Waals surface area contributed by atoms with Crippen molar-refractivity contribution in [1.29, 1.82) is 0 Å². The smallest absolute Gasteiger partial charge is 0.191 e. The Morgan fingerprint density at radius 2 is 1.67 bits per heavy atom. The monoisotopic (exact) mass is 435 g/mol. The average Bonchev–Trinajstić information content (AvgIpc) is 3.02. The van der Waals surface area contributed by atoms with E-state index in [1.54, 1.807) is 22.7 Å². The lowest BCUT2D eigenvalue weighted by Gasteiger charge is -2.11. The van der Waals surface area contributed by atoms with E-state index in [1.165, 1.54) is 20.9 Å². The molecule has 2 N–H and O–H groups in total. The molecule has 0 unspecified atom stereocenters. The van der Waals surface area contributed by atoms with E-state index in [4.69, 9.17) is 0 Å². The van der Waals surface area contributed by atoms with Gasteiger partial charge >= 0.3 is 0 Å². The largest absolute Gasteiger partial charge is 0.357 e. The summed E-state index contributed by atoms with van der Waals surface area (Å²) in [6.07, 6.45) is 0. The molecule has 0 saturated carbocycles. The number of thiophene rings is 2. The highest BCUT2D eigenvalue weighted by molar-refractivity contribution is 14.0. The lowest BCUT2D eigenvalue weighted by molar-refractivity contribution is 0.822. The molecule has 3 nitrogen and oxygen atoms in total. The van der Waals surface area contributed by atoms with Crippen molar-refractivity contribution in [3.05, 3.63) is 43.8 Å². The molecule has 2 aromatic rings. The Balaban J connectivity index is 0.00000220. The normalized spacial score (nSPS) is 11.1. The summed E-state index contributed by atoms with van der Waals surface area (Å²) in [6.45, 7) is 8.81. The van der Waals surface area contributed by atoms with Gasteiger partial charge in [0.1, 0.15) is 0 Å². The Hall–Kier alpha value is -0.600. The summed E-state index contributed by atoms with van der Waals surface area (Å²) in [7, 11) is 0. The number of halogens is 1. The van der Waals surface area contributed by atoms with Gasteiger partial charge in [-0.3, -0.25) is 0 Å². The van der Waals surface area contributed by atoms with Crippen LogP contribution in [-0.4, -0.2) is 12.5 Å². The zero-order chi connectivity index (χ0) is 14.4. The van der Waals surface area contributed by atoms with E-state index in [-0.39, 0.29) is 24.0 Å². The van der Waals surface area contributed by atoms with Gasteiger partial charge in [0.25, 0.3) is 0 Å². The Morgan fingerprint density at radius 3 is 2.19 bits per heavy atom. The third-order valence-electron chi connectivity index (χ3n) is 3.08. The van der Waals surface area contributed by atoms with E-state index in [1.807, 2.05) is 0 Å². The van der Waals surface area contributed by atoms with Crippen LogP contribution in [0.3, 0.4) is 0 Å². The maximum atomic E-state index is 4.66. The van der Waals surface area contributed by atoms with Crippen LogP contribution in [0, 0.1) is 13.8 Å². The molecule has 2 aromatic heterocycles. The Bertz CT molecular complexity index is 575. The number of rotatable bonds is 5. The van der Waals surface area contributed by atoms with Crippen LogP contribution in [0.4, 0.5) is 0 Å². The van der Waals surface area contributed by atoms with Crippen molar-refractivity contribution in [2.75, 3.05) is 6.54 Å². The molecule has 0 atom stereocenters. The summed E-state index contributed by atoms with van der Waals surface area (Å²) in [5.41, 5.74) is 2.66.